The van der Waals surface area contributed by atoms with Gasteiger partial charge in [-0.05, 0) is 52.7 Å². The lowest BCUT2D eigenvalue weighted by molar-refractivity contribution is -0.126. The summed E-state index contributed by atoms with van der Waals surface area (Å²) in [6.45, 7) is 13.8. The van der Waals surface area contributed by atoms with E-state index in [0.717, 1.165) is 29.9 Å². The molecule has 1 aliphatic heterocycles. The van der Waals surface area contributed by atoms with E-state index in [2.05, 4.69) is 43.1 Å². The highest BCUT2D eigenvalue weighted by Gasteiger charge is 2.29. The van der Waals surface area contributed by atoms with Crippen molar-refractivity contribution in [3.8, 4) is 0 Å². The van der Waals surface area contributed by atoms with Gasteiger partial charge in [0.05, 0.1) is 18.2 Å². The van der Waals surface area contributed by atoms with E-state index in [9.17, 15) is 4.79 Å². The topological polar surface area (TPSA) is 41.6 Å². The molecule has 1 amide bonds. The Hall–Kier alpha value is -1.39. The number of hydrogen-bond donors (Lipinski definition) is 1. The Morgan fingerprint density at radius 1 is 1.18 bits per heavy atom. The summed E-state index contributed by atoms with van der Waals surface area (Å²) < 4.78 is 5.74. The first kappa shape index (κ1) is 17.0. The first-order chi connectivity index (χ1) is 10.3. The van der Waals surface area contributed by atoms with E-state index < -0.39 is 0 Å². The standard InChI is InChI=1S/C18H28N2O2/c1-11-7-12(2)17(13(3)8-11)19-18(21)16(6)20-9-14(4)22-15(5)10-20/h7-8,14-16H,9-10H2,1-6H3,(H,19,21)/t14-,15-,16-/m1/s1. The Morgan fingerprint density at radius 3 is 2.18 bits per heavy atom. The number of hydrogen-bond acceptors (Lipinski definition) is 3. The molecule has 0 aromatic heterocycles. The Morgan fingerprint density at radius 2 is 1.68 bits per heavy atom. The minimum absolute atomic E-state index is 0.0522. The van der Waals surface area contributed by atoms with Gasteiger partial charge in [0.2, 0.25) is 5.91 Å². The number of nitrogens with zero attached hydrogens (tertiary/aromatic N) is 1. The number of morpholine rings is 1. The first-order valence-electron chi connectivity index (χ1n) is 8.06. The van der Waals surface area contributed by atoms with Crippen LogP contribution in [0.3, 0.4) is 0 Å². The van der Waals surface area contributed by atoms with Crippen molar-refractivity contribution >= 4 is 11.6 Å². The number of aryl methyl sites for hydroxylation is 3. The molecule has 0 bridgehead atoms. The number of nitrogens with one attached hydrogen (secondary N) is 1. The van der Waals surface area contributed by atoms with Crippen LogP contribution < -0.4 is 5.32 Å². The SMILES string of the molecule is Cc1cc(C)c(NC(=O)[C@@H](C)N2C[C@@H](C)O[C@H](C)C2)c(C)c1. The molecule has 1 fully saturated rings. The molecule has 0 saturated carbocycles. The Balaban J connectivity index is 2.09. The van der Waals surface area contributed by atoms with Gasteiger partial charge in [0.1, 0.15) is 0 Å². The van der Waals surface area contributed by atoms with Gasteiger partial charge < -0.3 is 10.1 Å². The molecule has 2 rings (SSSR count). The number of rotatable bonds is 3. The van der Waals surface area contributed by atoms with Crippen LogP contribution in [0.5, 0.6) is 0 Å². The lowest BCUT2D eigenvalue weighted by Crippen LogP contribution is -2.52. The summed E-state index contributed by atoms with van der Waals surface area (Å²) in [6.07, 6.45) is 0.337. The molecule has 22 heavy (non-hydrogen) atoms. The molecule has 1 aliphatic rings. The largest absolute Gasteiger partial charge is 0.373 e. The van der Waals surface area contributed by atoms with E-state index in [1.54, 1.807) is 0 Å². The van der Waals surface area contributed by atoms with Crippen LogP contribution in [0.4, 0.5) is 5.69 Å². The van der Waals surface area contributed by atoms with Crippen LogP contribution in [0.25, 0.3) is 0 Å². The van der Waals surface area contributed by atoms with Crippen molar-refractivity contribution < 1.29 is 9.53 Å². The zero-order chi connectivity index (χ0) is 16.4. The number of ether oxygens (including phenoxy) is 1. The molecular weight excluding hydrogens is 276 g/mol. The Bertz CT molecular complexity index is 523. The molecule has 1 aromatic rings. The van der Waals surface area contributed by atoms with Crippen LogP contribution in [0.1, 0.15) is 37.5 Å². The second kappa shape index (κ2) is 6.80. The van der Waals surface area contributed by atoms with Gasteiger partial charge in [0.25, 0.3) is 0 Å². The zero-order valence-corrected chi connectivity index (χ0v) is 14.6. The number of anilines is 1. The van der Waals surface area contributed by atoms with Gasteiger partial charge in [-0.25, -0.2) is 0 Å². The number of carbonyl (C=O) groups excluding carboxylic acids is 1. The molecule has 0 spiro atoms. The molecule has 4 nitrogen and oxygen atoms in total. The predicted octanol–water partition coefficient (Wildman–Crippen LogP) is 3.05. The van der Waals surface area contributed by atoms with Crippen molar-refractivity contribution in [2.45, 2.75) is 59.8 Å². The number of benzene rings is 1. The summed E-state index contributed by atoms with van der Waals surface area (Å²) in [4.78, 5) is 14.8. The normalized spacial score (nSPS) is 24.1. The minimum Gasteiger partial charge on any atom is -0.373 e. The molecule has 1 aromatic carbocycles. The van der Waals surface area contributed by atoms with Gasteiger partial charge >= 0.3 is 0 Å². The van der Waals surface area contributed by atoms with E-state index in [1.807, 2.05) is 20.8 Å². The fraction of sp³-hybridized carbons (Fsp3) is 0.611. The van der Waals surface area contributed by atoms with Crippen LogP contribution in [-0.4, -0.2) is 42.1 Å². The quantitative estimate of drug-likeness (QED) is 0.933. The van der Waals surface area contributed by atoms with Crippen LogP contribution >= 0.6 is 0 Å². The van der Waals surface area contributed by atoms with Crippen LogP contribution in [0, 0.1) is 20.8 Å². The molecule has 0 aliphatic carbocycles. The van der Waals surface area contributed by atoms with Crippen molar-refractivity contribution in [2.24, 2.45) is 0 Å². The second-order valence-corrected chi connectivity index (χ2v) is 6.65. The van der Waals surface area contributed by atoms with Gasteiger partial charge in [0, 0.05) is 18.8 Å². The van der Waals surface area contributed by atoms with Gasteiger partial charge in [-0.3, -0.25) is 9.69 Å². The fourth-order valence-electron chi connectivity index (χ4n) is 3.30. The minimum atomic E-state index is -0.158. The van der Waals surface area contributed by atoms with Crippen molar-refractivity contribution in [1.29, 1.82) is 0 Å². The number of amides is 1. The van der Waals surface area contributed by atoms with Gasteiger partial charge in [0.15, 0.2) is 0 Å². The van der Waals surface area contributed by atoms with Crippen LogP contribution in [0.2, 0.25) is 0 Å². The van der Waals surface area contributed by atoms with E-state index in [4.69, 9.17) is 4.74 Å². The van der Waals surface area contributed by atoms with Crippen LogP contribution in [-0.2, 0) is 9.53 Å². The maximum atomic E-state index is 12.6. The summed E-state index contributed by atoms with van der Waals surface area (Å²) in [5.74, 6) is 0.0522. The summed E-state index contributed by atoms with van der Waals surface area (Å²) in [7, 11) is 0. The first-order valence-corrected chi connectivity index (χ1v) is 8.06. The summed E-state index contributed by atoms with van der Waals surface area (Å²) in [5, 5.41) is 3.11. The van der Waals surface area contributed by atoms with Gasteiger partial charge in [-0.15, -0.1) is 0 Å². The van der Waals surface area contributed by atoms with E-state index in [0.29, 0.717) is 0 Å². The third kappa shape index (κ3) is 3.87. The fourth-order valence-corrected chi connectivity index (χ4v) is 3.30. The summed E-state index contributed by atoms with van der Waals surface area (Å²) in [5.41, 5.74) is 4.39. The molecule has 1 saturated heterocycles. The maximum absolute atomic E-state index is 12.6. The average molecular weight is 304 g/mol. The second-order valence-electron chi connectivity index (χ2n) is 6.65. The summed E-state index contributed by atoms with van der Waals surface area (Å²) >= 11 is 0. The molecule has 3 atom stereocenters. The molecular formula is C18H28N2O2. The summed E-state index contributed by atoms with van der Waals surface area (Å²) in [6, 6.07) is 4.05. The third-order valence-corrected chi connectivity index (χ3v) is 4.30. The van der Waals surface area contributed by atoms with Crippen molar-refractivity contribution in [3.05, 3.63) is 28.8 Å². The van der Waals surface area contributed by atoms with Crippen molar-refractivity contribution in [2.75, 3.05) is 18.4 Å². The lowest BCUT2D eigenvalue weighted by Gasteiger charge is -2.38. The lowest BCUT2D eigenvalue weighted by atomic mass is 10.0. The smallest absolute Gasteiger partial charge is 0.241 e. The molecule has 4 heteroatoms. The number of carbonyl (C=O) groups is 1. The van der Waals surface area contributed by atoms with Crippen LogP contribution in [0.15, 0.2) is 12.1 Å². The van der Waals surface area contributed by atoms with Crippen molar-refractivity contribution in [1.82, 2.24) is 4.90 Å². The average Bonchev–Trinajstić information content (AvgIpc) is 2.40. The zero-order valence-electron chi connectivity index (χ0n) is 14.6. The molecule has 122 valence electrons. The monoisotopic (exact) mass is 304 g/mol. The molecule has 0 radical (unpaired) electrons. The van der Waals surface area contributed by atoms with Gasteiger partial charge in [-0.2, -0.15) is 0 Å². The third-order valence-electron chi connectivity index (χ3n) is 4.30. The van der Waals surface area contributed by atoms with Gasteiger partial charge in [-0.1, -0.05) is 17.7 Å². The van der Waals surface area contributed by atoms with E-state index in [-0.39, 0.29) is 24.2 Å². The Labute approximate surface area is 133 Å². The van der Waals surface area contributed by atoms with E-state index in [1.165, 1.54) is 5.56 Å². The molecule has 0 unspecified atom stereocenters. The highest BCUT2D eigenvalue weighted by molar-refractivity contribution is 5.96. The molecule has 1 heterocycles. The Kier molecular flexibility index (Phi) is 5.24. The van der Waals surface area contributed by atoms with Crippen molar-refractivity contribution in [3.63, 3.8) is 0 Å². The highest BCUT2D eigenvalue weighted by atomic mass is 16.5. The van der Waals surface area contributed by atoms with E-state index >= 15 is 0 Å². The highest BCUT2D eigenvalue weighted by Crippen LogP contribution is 2.23. The predicted molar refractivity (Wildman–Crippen MR) is 90.3 cm³/mol. The maximum Gasteiger partial charge on any atom is 0.241 e. The molecule has 1 N–H and O–H groups in total.